The fourth-order valence-corrected chi connectivity index (χ4v) is 5.38. The molecule has 0 saturated heterocycles. The zero-order chi connectivity index (χ0) is 26.8. The maximum absolute atomic E-state index is 12.8. The lowest BCUT2D eigenvalue weighted by Gasteiger charge is -2.34. The number of hydrogen-bond acceptors (Lipinski definition) is 6. The number of amides is 1. The average Bonchev–Trinajstić information content (AvgIpc) is 2.93. The van der Waals surface area contributed by atoms with Crippen molar-refractivity contribution in [2.45, 2.75) is 70.6 Å². The predicted molar refractivity (Wildman–Crippen MR) is 150 cm³/mol. The van der Waals surface area contributed by atoms with Crippen LogP contribution in [0.1, 0.15) is 73.9 Å². The molecule has 2 aromatic rings. The van der Waals surface area contributed by atoms with E-state index in [1.807, 2.05) is 36.4 Å². The van der Waals surface area contributed by atoms with Crippen LogP contribution in [-0.4, -0.2) is 49.6 Å². The van der Waals surface area contributed by atoms with Crippen LogP contribution in [0.25, 0.3) is 0 Å². The Hall–Kier alpha value is -2.42. The first-order valence-electron chi connectivity index (χ1n) is 13.2. The van der Waals surface area contributed by atoms with E-state index in [9.17, 15) is 9.59 Å². The average molecular weight is 575 g/mol. The number of nitrogen functional groups attached to an aromatic ring is 1. The highest BCUT2D eigenvalue weighted by atomic mass is 79.9. The van der Waals surface area contributed by atoms with Gasteiger partial charge in [0.15, 0.2) is 5.60 Å². The summed E-state index contributed by atoms with van der Waals surface area (Å²) < 4.78 is 11.7. The summed E-state index contributed by atoms with van der Waals surface area (Å²) >= 11 is 3.52. The molecule has 1 unspecified atom stereocenters. The first kappa shape index (κ1) is 29.1. The number of rotatable bonds is 12. The second-order valence-corrected chi connectivity index (χ2v) is 10.6. The first-order chi connectivity index (χ1) is 17.8. The second-order valence-electron chi connectivity index (χ2n) is 9.73. The van der Waals surface area contributed by atoms with Crippen LogP contribution in [0.3, 0.4) is 0 Å². The Morgan fingerprint density at radius 1 is 1.16 bits per heavy atom. The maximum Gasteiger partial charge on any atom is 0.338 e. The van der Waals surface area contributed by atoms with E-state index in [1.54, 1.807) is 13.0 Å². The number of nitrogens with zero attached hydrogens (tertiary/aromatic N) is 1. The summed E-state index contributed by atoms with van der Waals surface area (Å²) in [5.41, 5.74) is 8.11. The Labute approximate surface area is 229 Å². The van der Waals surface area contributed by atoms with Crippen molar-refractivity contribution in [3.8, 4) is 0 Å². The molecule has 1 amide bonds. The molecule has 3 rings (SSSR count). The molecular formula is C29H40BrN3O4. The second kappa shape index (κ2) is 13.9. The number of methoxy groups -OCH3 is 1. The Balaban J connectivity index is 1.53. The zero-order valence-electron chi connectivity index (χ0n) is 22.2. The van der Waals surface area contributed by atoms with Gasteiger partial charge in [-0.2, -0.15) is 0 Å². The number of anilines is 1. The van der Waals surface area contributed by atoms with Gasteiger partial charge < -0.3 is 20.5 Å². The SMILES string of the molecule is CCN(Cc1cc(C(=O)OCCCNC(=O)C(C)(OC)c2ccccc2)cc(Br)c1N)C1CCCCC1. The van der Waals surface area contributed by atoms with Crippen LogP contribution in [0.2, 0.25) is 0 Å². The van der Waals surface area contributed by atoms with Gasteiger partial charge in [0.25, 0.3) is 5.91 Å². The number of nitrogens with two attached hydrogens (primary N) is 1. The first-order valence-corrected chi connectivity index (χ1v) is 14.0. The Kier molecular flexibility index (Phi) is 11.0. The van der Waals surface area contributed by atoms with Crippen molar-refractivity contribution in [3.63, 3.8) is 0 Å². The molecule has 1 saturated carbocycles. The molecule has 1 aliphatic rings. The normalized spacial score (nSPS) is 15.8. The predicted octanol–water partition coefficient (Wildman–Crippen LogP) is 5.41. The lowest BCUT2D eigenvalue weighted by Crippen LogP contribution is -2.44. The summed E-state index contributed by atoms with van der Waals surface area (Å²) in [5.74, 6) is -0.641. The van der Waals surface area contributed by atoms with Crippen LogP contribution in [0, 0.1) is 0 Å². The number of carbonyl (C=O) groups is 2. The quantitative estimate of drug-likeness (QED) is 0.200. The van der Waals surface area contributed by atoms with Gasteiger partial charge in [0.1, 0.15) is 0 Å². The molecule has 1 aliphatic carbocycles. The van der Waals surface area contributed by atoms with Crippen molar-refractivity contribution >= 4 is 33.5 Å². The number of benzene rings is 2. The van der Waals surface area contributed by atoms with Crippen molar-refractivity contribution in [2.75, 3.05) is 32.5 Å². The molecule has 37 heavy (non-hydrogen) atoms. The summed E-state index contributed by atoms with van der Waals surface area (Å²) in [6.07, 6.45) is 6.75. The van der Waals surface area contributed by atoms with Crippen LogP contribution in [0.5, 0.6) is 0 Å². The number of hydrogen-bond donors (Lipinski definition) is 2. The van der Waals surface area contributed by atoms with E-state index in [0.717, 1.165) is 17.7 Å². The highest BCUT2D eigenvalue weighted by Gasteiger charge is 2.34. The minimum atomic E-state index is -1.09. The van der Waals surface area contributed by atoms with Gasteiger partial charge >= 0.3 is 5.97 Å². The summed E-state index contributed by atoms with van der Waals surface area (Å²) in [6, 6.07) is 13.5. The Bertz CT molecular complexity index is 1040. The molecule has 0 aliphatic heterocycles. The number of nitrogens with one attached hydrogen (secondary N) is 1. The topological polar surface area (TPSA) is 93.9 Å². The van der Waals surface area contributed by atoms with E-state index in [2.05, 4.69) is 33.1 Å². The standard InChI is InChI=1S/C29H40BrN3O4/c1-4-33(24-14-9-6-10-15-24)20-22-18-21(19-25(30)26(22)31)27(34)37-17-11-16-32-28(35)29(2,36-3)23-12-7-5-8-13-23/h5,7-8,12-13,18-19,24H,4,6,9-11,14-17,20,31H2,1-3H3,(H,32,35). The van der Waals surface area contributed by atoms with Crippen molar-refractivity contribution in [1.29, 1.82) is 0 Å². The molecule has 1 fully saturated rings. The van der Waals surface area contributed by atoms with E-state index in [0.29, 0.717) is 41.3 Å². The smallest absolute Gasteiger partial charge is 0.338 e. The summed E-state index contributed by atoms with van der Waals surface area (Å²) in [7, 11) is 1.52. The number of halogens is 1. The van der Waals surface area contributed by atoms with Crippen LogP contribution < -0.4 is 11.1 Å². The fourth-order valence-electron chi connectivity index (χ4n) is 4.88. The van der Waals surface area contributed by atoms with Gasteiger partial charge in [0.05, 0.1) is 17.9 Å². The minimum absolute atomic E-state index is 0.189. The van der Waals surface area contributed by atoms with Crippen LogP contribution in [-0.2, 0) is 26.4 Å². The molecule has 3 N–H and O–H groups in total. The minimum Gasteiger partial charge on any atom is -0.462 e. The van der Waals surface area contributed by atoms with Crippen molar-refractivity contribution in [2.24, 2.45) is 0 Å². The number of carbonyl (C=O) groups excluding carboxylic acids is 2. The molecule has 0 bridgehead atoms. The summed E-state index contributed by atoms with van der Waals surface area (Å²) in [5, 5.41) is 2.89. The fraction of sp³-hybridized carbons (Fsp3) is 0.517. The van der Waals surface area contributed by atoms with Crippen LogP contribution in [0.4, 0.5) is 5.69 Å². The molecule has 202 valence electrons. The largest absolute Gasteiger partial charge is 0.462 e. The van der Waals surface area contributed by atoms with Gasteiger partial charge in [0, 0.05) is 30.7 Å². The van der Waals surface area contributed by atoms with Crippen molar-refractivity contribution in [3.05, 3.63) is 63.6 Å². The van der Waals surface area contributed by atoms with Crippen molar-refractivity contribution < 1.29 is 19.1 Å². The lowest BCUT2D eigenvalue weighted by atomic mass is 9.93. The van der Waals surface area contributed by atoms with Crippen LogP contribution in [0.15, 0.2) is 46.9 Å². The maximum atomic E-state index is 12.8. The molecule has 0 heterocycles. The molecule has 0 radical (unpaired) electrons. The lowest BCUT2D eigenvalue weighted by molar-refractivity contribution is -0.142. The monoisotopic (exact) mass is 573 g/mol. The van der Waals surface area contributed by atoms with E-state index < -0.39 is 11.6 Å². The van der Waals surface area contributed by atoms with Gasteiger partial charge in [-0.25, -0.2) is 4.79 Å². The Morgan fingerprint density at radius 3 is 2.51 bits per heavy atom. The van der Waals surface area contributed by atoms with E-state index in [1.165, 1.54) is 39.2 Å². The number of esters is 1. The third-order valence-electron chi connectivity index (χ3n) is 7.33. The third-order valence-corrected chi connectivity index (χ3v) is 7.98. The molecule has 0 aromatic heterocycles. The summed E-state index contributed by atoms with van der Waals surface area (Å²) in [4.78, 5) is 28.0. The van der Waals surface area contributed by atoms with Crippen molar-refractivity contribution in [1.82, 2.24) is 10.2 Å². The molecular weight excluding hydrogens is 534 g/mol. The van der Waals surface area contributed by atoms with Gasteiger partial charge in [-0.05, 0) is 71.9 Å². The van der Waals surface area contributed by atoms with Gasteiger partial charge in [-0.15, -0.1) is 0 Å². The summed E-state index contributed by atoms with van der Waals surface area (Å²) in [6.45, 7) is 6.11. The van der Waals surface area contributed by atoms with E-state index >= 15 is 0 Å². The van der Waals surface area contributed by atoms with Crippen LogP contribution >= 0.6 is 15.9 Å². The Morgan fingerprint density at radius 2 is 1.86 bits per heavy atom. The zero-order valence-corrected chi connectivity index (χ0v) is 23.8. The van der Waals surface area contributed by atoms with Gasteiger partial charge in [0.2, 0.25) is 0 Å². The highest BCUT2D eigenvalue weighted by molar-refractivity contribution is 9.10. The molecule has 1 atom stereocenters. The molecule has 0 spiro atoms. The van der Waals surface area contributed by atoms with Gasteiger partial charge in [-0.1, -0.05) is 56.5 Å². The molecule has 8 heteroatoms. The van der Waals surface area contributed by atoms with E-state index in [4.69, 9.17) is 15.2 Å². The number of ether oxygens (including phenoxy) is 2. The van der Waals surface area contributed by atoms with Gasteiger partial charge in [-0.3, -0.25) is 9.69 Å². The molecule has 2 aromatic carbocycles. The third kappa shape index (κ3) is 7.55. The molecule has 7 nitrogen and oxygen atoms in total. The highest BCUT2D eigenvalue weighted by Crippen LogP contribution is 2.30. The van der Waals surface area contributed by atoms with E-state index in [-0.39, 0.29) is 12.5 Å².